The highest BCUT2D eigenvalue weighted by Gasteiger charge is 2.29. The average molecular weight is 255 g/mol. The summed E-state index contributed by atoms with van der Waals surface area (Å²) in [7, 11) is 0. The molecule has 2 N–H and O–H groups in total. The molecule has 5 heteroatoms. The van der Waals surface area contributed by atoms with Gasteiger partial charge in [0.1, 0.15) is 11.6 Å². The minimum atomic E-state index is -0.611. The Morgan fingerprint density at radius 3 is 2.47 bits per heavy atom. The predicted octanol–water partition coefficient (Wildman–Crippen LogP) is 1.15. The number of nitriles is 1. The van der Waals surface area contributed by atoms with E-state index in [0.717, 1.165) is 18.4 Å². The summed E-state index contributed by atoms with van der Waals surface area (Å²) >= 11 is 0. The molecule has 1 aromatic carbocycles. The van der Waals surface area contributed by atoms with Crippen molar-refractivity contribution in [2.45, 2.75) is 12.8 Å². The first kappa shape index (κ1) is 12.8. The second kappa shape index (κ2) is 5.83. The lowest BCUT2D eigenvalue weighted by Gasteiger charge is -2.05. The maximum atomic E-state index is 11.7. The van der Waals surface area contributed by atoms with Crippen molar-refractivity contribution in [2.24, 2.45) is 5.92 Å². The standard InChI is InChI=1S/C14H13N3O2/c15-9-12(8-10-4-2-1-3-5-10)14(19)17-16-13(18)11-6-7-11/h1-5,8,11H,6-7H2,(H,16,18)(H,17,19). The van der Waals surface area contributed by atoms with Gasteiger partial charge in [-0.15, -0.1) is 0 Å². The molecule has 0 bridgehead atoms. The Morgan fingerprint density at radius 2 is 1.89 bits per heavy atom. The summed E-state index contributed by atoms with van der Waals surface area (Å²) in [5.41, 5.74) is 5.26. The van der Waals surface area contributed by atoms with E-state index in [0.29, 0.717) is 0 Å². The zero-order chi connectivity index (χ0) is 13.7. The molecular formula is C14H13N3O2. The van der Waals surface area contributed by atoms with Crippen molar-refractivity contribution in [3.05, 3.63) is 41.5 Å². The number of hydrogen-bond donors (Lipinski definition) is 2. The summed E-state index contributed by atoms with van der Waals surface area (Å²) in [5.74, 6) is -0.811. The molecule has 5 nitrogen and oxygen atoms in total. The molecule has 0 aliphatic heterocycles. The van der Waals surface area contributed by atoms with Crippen LogP contribution in [0.4, 0.5) is 0 Å². The van der Waals surface area contributed by atoms with Crippen LogP contribution in [0.25, 0.3) is 6.08 Å². The zero-order valence-electron chi connectivity index (χ0n) is 10.2. The van der Waals surface area contributed by atoms with Crippen LogP contribution in [0.5, 0.6) is 0 Å². The van der Waals surface area contributed by atoms with Crippen LogP contribution in [0.15, 0.2) is 35.9 Å². The molecule has 1 aliphatic carbocycles. The molecular weight excluding hydrogens is 242 g/mol. The van der Waals surface area contributed by atoms with Crippen molar-refractivity contribution >= 4 is 17.9 Å². The van der Waals surface area contributed by atoms with Crippen LogP contribution >= 0.6 is 0 Å². The number of hydrogen-bond acceptors (Lipinski definition) is 3. The molecule has 96 valence electrons. The molecule has 1 aromatic rings. The van der Waals surface area contributed by atoms with Crippen molar-refractivity contribution in [1.82, 2.24) is 10.9 Å². The number of benzene rings is 1. The normalized spacial score (nSPS) is 14.4. The van der Waals surface area contributed by atoms with Crippen molar-refractivity contribution in [2.75, 3.05) is 0 Å². The maximum absolute atomic E-state index is 11.7. The quantitative estimate of drug-likeness (QED) is 0.483. The van der Waals surface area contributed by atoms with E-state index in [1.165, 1.54) is 6.08 Å². The van der Waals surface area contributed by atoms with E-state index in [2.05, 4.69) is 10.9 Å². The van der Waals surface area contributed by atoms with Crippen molar-refractivity contribution in [1.29, 1.82) is 5.26 Å². The third-order valence-corrected chi connectivity index (χ3v) is 2.72. The Kier molecular flexibility index (Phi) is 3.94. The Balaban J connectivity index is 1.97. The van der Waals surface area contributed by atoms with Crippen LogP contribution in [0, 0.1) is 17.2 Å². The number of carbonyl (C=O) groups is 2. The number of hydrazine groups is 1. The average Bonchev–Trinajstić information content (AvgIpc) is 3.27. The van der Waals surface area contributed by atoms with E-state index in [9.17, 15) is 9.59 Å². The Bertz CT molecular complexity index is 554. The number of carbonyl (C=O) groups excluding carboxylic acids is 2. The van der Waals surface area contributed by atoms with Crippen LogP contribution in [0.2, 0.25) is 0 Å². The van der Waals surface area contributed by atoms with Gasteiger partial charge in [-0.3, -0.25) is 20.4 Å². The Hall–Kier alpha value is -2.61. The summed E-state index contributed by atoms with van der Waals surface area (Å²) in [6.07, 6.45) is 3.18. The summed E-state index contributed by atoms with van der Waals surface area (Å²) in [5, 5.41) is 8.95. The van der Waals surface area contributed by atoms with E-state index in [4.69, 9.17) is 5.26 Å². The van der Waals surface area contributed by atoms with Gasteiger partial charge in [-0.2, -0.15) is 5.26 Å². The highest BCUT2D eigenvalue weighted by Crippen LogP contribution is 2.28. The van der Waals surface area contributed by atoms with E-state index in [1.807, 2.05) is 24.3 Å². The minimum absolute atomic E-state index is 0.00365. The van der Waals surface area contributed by atoms with Gasteiger partial charge in [0.05, 0.1) is 0 Å². The summed E-state index contributed by atoms with van der Waals surface area (Å²) in [4.78, 5) is 23.1. The van der Waals surface area contributed by atoms with Crippen LogP contribution in [0.3, 0.4) is 0 Å². The molecule has 2 rings (SSSR count). The fourth-order valence-electron chi connectivity index (χ4n) is 1.50. The fraction of sp³-hybridized carbons (Fsp3) is 0.214. The van der Waals surface area contributed by atoms with E-state index in [1.54, 1.807) is 12.1 Å². The van der Waals surface area contributed by atoms with E-state index < -0.39 is 5.91 Å². The second-order valence-corrected chi connectivity index (χ2v) is 4.30. The number of amides is 2. The predicted molar refractivity (Wildman–Crippen MR) is 69.0 cm³/mol. The third-order valence-electron chi connectivity index (χ3n) is 2.72. The molecule has 1 saturated carbocycles. The first-order valence-corrected chi connectivity index (χ1v) is 5.98. The van der Waals surface area contributed by atoms with E-state index >= 15 is 0 Å². The number of nitrogens with zero attached hydrogens (tertiary/aromatic N) is 1. The van der Waals surface area contributed by atoms with E-state index in [-0.39, 0.29) is 17.4 Å². The van der Waals surface area contributed by atoms with Gasteiger partial charge >= 0.3 is 0 Å². The molecule has 0 radical (unpaired) electrons. The molecule has 0 heterocycles. The highest BCUT2D eigenvalue weighted by molar-refractivity contribution is 6.02. The van der Waals surface area contributed by atoms with Gasteiger partial charge in [0.2, 0.25) is 5.91 Å². The summed E-state index contributed by atoms with van der Waals surface area (Å²) < 4.78 is 0. The molecule has 0 atom stereocenters. The largest absolute Gasteiger partial charge is 0.280 e. The van der Waals surface area contributed by atoms with Crippen LogP contribution in [-0.4, -0.2) is 11.8 Å². The third kappa shape index (κ3) is 3.68. The van der Waals surface area contributed by atoms with Crippen LogP contribution < -0.4 is 10.9 Å². The lowest BCUT2D eigenvalue weighted by molar-refractivity contribution is -0.127. The van der Waals surface area contributed by atoms with Crippen LogP contribution in [-0.2, 0) is 9.59 Å². The maximum Gasteiger partial charge on any atom is 0.280 e. The minimum Gasteiger partial charge on any atom is -0.273 e. The topological polar surface area (TPSA) is 82.0 Å². The Morgan fingerprint density at radius 1 is 1.21 bits per heavy atom. The summed E-state index contributed by atoms with van der Waals surface area (Å²) in [6.45, 7) is 0. The smallest absolute Gasteiger partial charge is 0.273 e. The molecule has 0 spiro atoms. The zero-order valence-corrected chi connectivity index (χ0v) is 10.2. The molecule has 1 aliphatic rings. The van der Waals surface area contributed by atoms with Gasteiger partial charge in [-0.25, -0.2) is 0 Å². The number of nitrogens with one attached hydrogen (secondary N) is 2. The molecule has 0 saturated heterocycles. The molecule has 1 fully saturated rings. The molecule has 0 aromatic heterocycles. The van der Waals surface area contributed by atoms with Gasteiger partial charge in [-0.1, -0.05) is 30.3 Å². The van der Waals surface area contributed by atoms with Gasteiger partial charge in [0, 0.05) is 5.92 Å². The van der Waals surface area contributed by atoms with Crippen LogP contribution in [0.1, 0.15) is 18.4 Å². The molecule has 0 unspecified atom stereocenters. The van der Waals surface area contributed by atoms with Crippen molar-refractivity contribution in [3.63, 3.8) is 0 Å². The number of rotatable bonds is 3. The van der Waals surface area contributed by atoms with Gasteiger partial charge in [0.15, 0.2) is 0 Å². The Labute approximate surface area is 110 Å². The molecule has 19 heavy (non-hydrogen) atoms. The van der Waals surface area contributed by atoms with Crippen molar-refractivity contribution in [3.8, 4) is 6.07 Å². The second-order valence-electron chi connectivity index (χ2n) is 4.30. The first-order valence-electron chi connectivity index (χ1n) is 5.98. The lowest BCUT2D eigenvalue weighted by Crippen LogP contribution is -2.42. The fourth-order valence-corrected chi connectivity index (χ4v) is 1.50. The van der Waals surface area contributed by atoms with Gasteiger partial charge < -0.3 is 0 Å². The first-order chi connectivity index (χ1) is 9.20. The SMILES string of the molecule is N#CC(=Cc1ccccc1)C(=O)NNC(=O)C1CC1. The molecule has 2 amide bonds. The van der Waals surface area contributed by atoms with Gasteiger partial charge in [-0.05, 0) is 24.5 Å². The van der Waals surface area contributed by atoms with Gasteiger partial charge in [0.25, 0.3) is 5.91 Å². The monoisotopic (exact) mass is 255 g/mol. The summed E-state index contributed by atoms with van der Waals surface area (Å²) in [6, 6.07) is 10.9. The highest BCUT2D eigenvalue weighted by atomic mass is 16.2. The lowest BCUT2D eigenvalue weighted by atomic mass is 10.1. The van der Waals surface area contributed by atoms with Crippen molar-refractivity contribution < 1.29 is 9.59 Å².